The molecule has 11 heteroatoms. The zero-order valence-electron chi connectivity index (χ0n) is 16.2. The molecule has 0 aromatic heterocycles. The summed E-state index contributed by atoms with van der Waals surface area (Å²) in [6, 6.07) is 3.79. The van der Waals surface area contributed by atoms with E-state index in [1.54, 1.807) is 12.1 Å². The van der Waals surface area contributed by atoms with E-state index < -0.39 is 39.8 Å². The summed E-state index contributed by atoms with van der Waals surface area (Å²) in [4.78, 5) is 49.7. The Hall–Kier alpha value is -2.79. The van der Waals surface area contributed by atoms with E-state index in [4.69, 9.17) is 4.55 Å². The fourth-order valence-corrected chi connectivity index (χ4v) is 4.15. The molecule has 0 saturated carbocycles. The Bertz CT molecular complexity index is 990. The predicted molar refractivity (Wildman–Crippen MR) is 106 cm³/mol. The van der Waals surface area contributed by atoms with Gasteiger partial charge in [-0.25, -0.2) is 0 Å². The Morgan fingerprint density at radius 1 is 1.03 bits per heavy atom. The zero-order chi connectivity index (χ0) is 21.9. The highest BCUT2D eigenvalue weighted by Crippen LogP contribution is 2.29. The van der Waals surface area contributed by atoms with E-state index in [2.05, 4.69) is 10.6 Å². The molecule has 30 heavy (non-hydrogen) atoms. The van der Waals surface area contributed by atoms with Crippen LogP contribution in [0.25, 0.3) is 0 Å². The number of anilines is 1. The number of nitrogens with zero attached hydrogens (tertiary/aromatic N) is 1. The summed E-state index contributed by atoms with van der Waals surface area (Å²) in [7, 11) is -3.92. The topological polar surface area (TPSA) is 150 Å². The minimum absolute atomic E-state index is 0.0703. The highest BCUT2D eigenvalue weighted by molar-refractivity contribution is 7.85. The van der Waals surface area contributed by atoms with Crippen LogP contribution in [0.2, 0.25) is 0 Å². The van der Waals surface area contributed by atoms with Gasteiger partial charge >= 0.3 is 0 Å². The first-order valence-electron chi connectivity index (χ1n) is 9.72. The fourth-order valence-electron chi connectivity index (χ4n) is 3.58. The maximum atomic E-state index is 12.8. The highest BCUT2D eigenvalue weighted by Gasteiger charge is 2.44. The third kappa shape index (κ3) is 5.03. The molecular weight excluding hydrogens is 414 g/mol. The number of imide groups is 2. The van der Waals surface area contributed by atoms with Crippen LogP contribution in [-0.2, 0) is 19.7 Å². The van der Waals surface area contributed by atoms with Gasteiger partial charge in [0, 0.05) is 18.7 Å². The molecule has 0 spiro atoms. The SMILES string of the molecule is O=C1CCC(N2C(=O)c3ccc(NCCCCCCS(=O)(=O)O)cc3C2=O)C(=O)N1. The average molecular weight is 437 g/mol. The molecule has 1 unspecified atom stereocenters. The minimum Gasteiger partial charge on any atom is -0.385 e. The molecule has 2 aliphatic heterocycles. The molecule has 1 aromatic carbocycles. The van der Waals surface area contributed by atoms with E-state index in [9.17, 15) is 27.6 Å². The molecule has 2 aliphatic rings. The fraction of sp³-hybridized carbons (Fsp3) is 0.474. The van der Waals surface area contributed by atoms with Crippen LogP contribution in [0.5, 0.6) is 0 Å². The number of rotatable bonds is 9. The van der Waals surface area contributed by atoms with Gasteiger partial charge in [-0.05, 0) is 37.5 Å². The van der Waals surface area contributed by atoms with Crippen molar-refractivity contribution in [3.63, 3.8) is 0 Å². The van der Waals surface area contributed by atoms with Gasteiger partial charge in [-0.15, -0.1) is 0 Å². The van der Waals surface area contributed by atoms with E-state index in [-0.39, 0.29) is 29.7 Å². The third-order valence-electron chi connectivity index (χ3n) is 5.10. The number of hydrogen-bond donors (Lipinski definition) is 3. The molecule has 1 fully saturated rings. The lowest BCUT2D eigenvalue weighted by Gasteiger charge is -2.27. The molecule has 1 saturated heterocycles. The molecule has 0 radical (unpaired) electrons. The number of amides is 4. The van der Waals surface area contributed by atoms with Gasteiger partial charge in [0.2, 0.25) is 11.8 Å². The van der Waals surface area contributed by atoms with E-state index in [1.165, 1.54) is 6.07 Å². The number of benzene rings is 1. The minimum atomic E-state index is -3.92. The first kappa shape index (κ1) is 21.9. The molecular formula is C19H23N3O7S. The Morgan fingerprint density at radius 2 is 1.73 bits per heavy atom. The van der Waals surface area contributed by atoms with Gasteiger partial charge in [-0.1, -0.05) is 12.8 Å². The molecule has 0 bridgehead atoms. The smallest absolute Gasteiger partial charge is 0.264 e. The number of piperidine rings is 1. The van der Waals surface area contributed by atoms with Crippen molar-refractivity contribution >= 4 is 39.4 Å². The van der Waals surface area contributed by atoms with Crippen molar-refractivity contribution in [2.75, 3.05) is 17.6 Å². The van der Waals surface area contributed by atoms with Gasteiger partial charge < -0.3 is 5.32 Å². The molecule has 3 rings (SSSR count). The van der Waals surface area contributed by atoms with Crippen LogP contribution in [-0.4, -0.2) is 59.8 Å². The second-order valence-electron chi connectivity index (χ2n) is 7.33. The summed E-state index contributed by atoms with van der Waals surface area (Å²) in [5, 5.41) is 5.31. The lowest BCUT2D eigenvalue weighted by molar-refractivity contribution is -0.136. The largest absolute Gasteiger partial charge is 0.385 e. The summed E-state index contributed by atoms with van der Waals surface area (Å²) in [5.41, 5.74) is 1.08. The molecule has 1 aromatic rings. The van der Waals surface area contributed by atoms with Crippen LogP contribution in [0.3, 0.4) is 0 Å². The molecule has 4 amide bonds. The van der Waals surface area contributed by atoms with Crippen molar-refractivity contribution in [3.8, 4) is 0 Å². The number of carbonyl (C=O) groups excluding carboxylic acids is 4. The van der Waals surface area contributed by atoms with E-state index in [0.717, 1.165) is 17.7 Å². The van der Waals surface area contributed by atoms with Gasteiger partial charge in [0.15, 0.2) is 0 Å². The number of fused-ring (bicyclic) bond motifs is 1. The average Bonchev–Trinajstić information content (AvgIpc) is 2.91. The Labute approximate surface area is 173 Å². The molecule has 1 atom stereocenters. The second kappa shape index (κ2) is 8.92. The summed E-state index contributed by atoms with van der Waals surface area (Å²) in [6.07, 6.45) is 2.77. The normalized spacial score (nSPS) is 19.1. The first-order chi connectivity index (χ1) is 14.2. The van der Waals surface area contributed by atoms with Crippen molar-refractivity contribution in [1.82, 2.24) is 10.2 Å². The zero-order valence-corrected chi connectivity index (χ0v) is 17.0. The Morgan fingerprint density at radius 3 is 2.43 bits per heavy atom. The number of nitrogens with one attached hydrogen (secondary N) is 2. The number of carbonyl (C=O) groups is 4. The van der Waals surface area contributed by atoms with Crippen molar-refractivity contribution in [2.45, 2.75) is 44.6 Å². The lowest BCUT2D eigenvalue weighted by atomic mass is 10.0. The summed E-state index contributed by atoms with van der Waals surface area (Å²) < 4.78 is 30.0. The summed E-state index contributed by atoms with van der Waals surface area (Å²) in [5.74, 6) is -2.41. The van der Waals surface area contributed by atoms with E-state index in [1.807, 2.05) is 0 Å². The predicted octanol–water partition coefficient (Wildman–Crippen LogP) is 0.948. The van der Waals surface area contributed by atoms with Gasteiger partial charge in [-0.2, -0.15) is 8.42 Å². The van der Waals surface area contributed by atoms with Crippen molar-refractivity contribution in [1.29, 1.82) is 0 Å². The second-order valence-corrected chi connectivity index (χ2v) is 8.91. The van der Waals surface area contributed by atoms with Gasteiger partial charge in [0.05, 0.1) is 16.9 Å². The molecule has 2 heterocycles. The summed E-state index contributed by atoms with van der Waals surface area (Å²) in [6.45, 7) is 0.587. The van der Waals surface area contributed by atoms with E-state index >= 15 is 0 Å². The van der Waals surface area contributed by atoms with Crippen LogP contribution in [0.1, 0.15) is 59.2 Å². The molecule has 0 aliphatic carbocycles. The van der Waals surface area contributed by atoms with Crippen LogP contribution in [0, 0.1) is 0 Å². The molecule has 162 valence electrons. The Kier molecular flexibility index (Phi) is 6.52. The van der Waals surface area contributed by atoms with Crippen LogP contribution in [0.15, 0.2) is 18.2 Å². The van der Waals surface area contributed by atoms with E-state index in [0.29, 0.717) is 25.1 Å². The Balaban J connectivity index is 1.55. The molecule has 10 nitrogen and oxygen atoms in total. The lowest BCUT2D eigenvalue weighted by Crippen LogP contribution is -2.54. The number of unbranched alkanes of at least 4 members (excludes halogenated alkanes) is 3. The van der Waals surface area contributed by atoms with Gasteiger partial charge in [0.1, 0.15) is 6.04 Å². The standard InChI is InChI=1S/C19H23N3O7S/c23-16-8-7-15(17(24)21-16)22-18(25)13-6-5-12(11-14(13)19(22)26)20-9-3-1-2-4-10-30(27,28)29/h5-6,11,15,20H,1-4,7-10H2,(H,21,23,24)(H,27,28,29). The third-order valence-corrected chi connectivity index (χ3v) is 5.90. The monoisotopic (exact) mass is 437 g/mol. The number of hydrogen-bond acceptors (Lipinski definition) is 7. The summed E-state index contributed by atoms with van der Waals surface area (Å²) >= 11 is 0. The first-order valence-corrected chi connectivity index (χ1v) is 11.3. The highest BCUT2D eigenvalue weighted by atomic mass is 32.2. The van der Waals surface area contributed by atoms with Crippen LogP contribution in [0.4, 0.5) is 5.69 Å². The molecule has 3 N–H and O–H groups in total. The quantitative estimate of drug-likeness (QED) is 0.294. The van der Waals surface area contributed by atoms with Crippen molar-refractivity contribution in [2.24, 2.45) is 0 Å². The van der Waals surface area contributed by atoms with Gasteiger partial charge in [0.25, 0.3) is 21.9 Å². The van der Waals surface area contributed by atoms with Crippen molar-refractivity contribution in [3.05, 3.63) is 29.3 Å². The maximum absolute atomic E-state index is 12.8. The van der Waals surface area contributed by atoms with Crippen LogP contribution >= 0.6 is 0 Å². The van der Waals surface area contributed by atoms with Gasteiger partial charge in [-0.3, -0.25) is 33.9 Å². The maximum Gasteiger partial charge on any atom is 0.264 e. The van der Waals surface area contributed by atoms with Crippen LogP contribution < -0.4 is 10.6 Å². The van der Waals surface area contributed by atoms with Crippen molar-refractivity contribution < 1.29 is 32.1 Å².